The molecule has 0 unspecified atom stereocenters. The van der Waals surface area contributed by atoms with Crippen LogP contribution >= 0.6 is 0 Å². The van der Waals surface area contributed by atoms with Gasteiger partial charge < -0.3 is 0 Å². The number of rotatable bonds is 3. The average Bonchev–Trinajstić information content (AvgIpc) is 1.86. The Morgan fingerprint density at radius 1 is 1.45 bits per heavy atom. The van der Waals surface area contributed by atoms with Crippen molar-refractivity contribution in [3.05, 3.63) is 25.4 Å². The van der Waals surface area contributed by atoms with Gasteiger partial charge in [-0.2, -0.15) is 12.7 Å². The second-order valence-electron chi connectivity index (χ2n) is 1.50. The Hall–Kier alpha value is -1.14. The molecule has 0 rings (SSSR count). The summed E-state index contributed by atoms with van der Waals surface area (Å²) in [5, 5.41) is 0. The van der Waals surface area contributed by atoms with Crippen LogP contribution in [0, 0.1) is 0 Å². The van der Waals surface area contributed by atoms with Gasteiger partial charge in [-0.05, 0) is 6.08 Å². The lowest BCUT2D eigenvalue weighted by Gasteiger charge is -2.09. The molecule has 11 heavy (non-hydrogen) atoms. The van der Waals surface area contributed by atoms with Crippen LogP contribution in [0.4, 0.5) is 0 Å². The number of hydrogen-bond donors (Lipinski definition) is 1. The largest absolute Gasteiger partial charge is 0.366 e. The van der Waals surface area contributed by atoms with Gasteiger partial charge in [0.2, 0.25) is 0 Å². The van der Waals surface area contributed by atoms with E-state index in [9.17, 15) is 13.2 Å². The molecule has 0 aliphatic carbocycles. The Bertz CT molecular complexity index is 279. The average molecular weight is 177 g/mol. The molecule has 1 amide bonds. The fourth-order valence-electron chi connectivity index (χ4n) is 0.388. The summed E-state index contributed by atoms with van der Waals surface area (Å²) >= 11 is 0. The molecule has 0 aromatic carbocycles. The predicted molar refractivity (Wildman–Crippen MR) is 38.8 cm³/mol. The first-order valence-electron chi connectivity index (χ1n) is 2.49. The van der Waals surface area contributed by atoms with Gasteiger partial charge in [0.25, 0.3) is 5.91 Å². The minimum atomic E-state index is -4.53. The molecule has 0 aliphatic rings. The summed E-state index contributed by atoms with van der Waals surface area (Å²) < 4.78 is 29.0. The summed E-state index contributed by atoms with van der Waals surface area (Å²) in [6.07, 6.45) is 1.43. The zero-order valence-corrected chi connectivity index (χ0v) is 6.41. The second-order valence-corrected chi connectivity index (χ2v) is 2.79. The van der Waals surface area contributed by atoms with Crippen LogP contribution < -0.4 is 0 Å². The summed E-state index contributed by atoms with van der Waals surface area (Å²) in [5.41, 5.74) is 0. The van der Waals surface area contributed by atoms with Gasteiger partial charge in [0, 0.05) is 6.20 Å². The van der Waals surface area contributed by atoms with Gasteiger partial charge in [0.1, 0.15) is 0 Å². The maximum absolute atomic E-state index is 10.6. The number of hydrogen-bond acceptors (Lipinski definition) is 3. The van der Waals surface area contributed by atoms with Crippen molar-refractivity contribution in [2.24, 2.45) is 0 Å². The molecule has 0 spiro atoms. The van der Waals surface area contributed by atoms with Gasteiger partial charge in [-0.3, -0.25) is 9.35 Å². The maximum Gasteiger partial charge on any atom is 0.366 e. The zero-order valence-electron chi connectivity index (χ0n) is 5.60. The molecule has 0 saturated heterocycles. The fourth-order valence-corrected chi connectivity index (χ4v) is 0.878. The van der Waals surface area contributed by atoms with Gasteiger partial charge in [-0.25, -0.2) is 0 Å². The van der Waals surface area contributed by atoms with Crippen LogP contribution in [-0.2, 0) is 15.1 Å². The van der Waals surface area contributed by atoms with Gasteiger partial charge in [0.15, 0.2) is 0 Å². The SMILES string of the molecule is C=CC(=O)N(C=C)S(=O)(=O)O. The molecule has 0 radical (unpaired) electrons. The molecule has 0 aliphatic heterocycles. The quantitative estimate of drug-likeness (QED) is 0.484. The molecule has 0 aromatic rings. The van der Waals surface area contributed by atoms with E-state index in [0.717, 1.165) is 6.08 Å². The van der Waals surface area contributed by atoms with Gasteiger partial charge >= 0.3 is 10.3 Å². The summed E-state index contributed by atoms with van der Waals surface area (Å²) in [7, 11) is -4.53. The van der Waals surface area contributed by atoms with Crippen molar-refractivity contribution in [2.45, 2.75) is 0 Å². The van der Waals surface area contributed by atoms with Crippen LogP contribution in [0.15, 0.2) is 25.4 Å². The van der Waals surface area contributed by atoms with Gasteiger partial charge in [-0.1, -0.05) is 13.2 Å². The Labute approximate surface area is 64.5 Å². The molecular formula is C5H7NO4S. The molecule has 6 heteroatoms. The smallest absolute Gasteiger partial charge is 0.269 e. The minimum absolute atomic E-state index is 0.0694. The fraction of sp³-hybridized carbons (Fsp3) is 0. The van der Waals surface area contributed by atoms with Crippen molar-refractivity contribution in [3.8, 4) is 0 Å². The first-order valence-corrected chi connectivity index (χ1v) is 3.89. The van der Waals surface area contributed by atoms with Gasteiger partial charge in [0.05, 0.1) is 0 Å². The van der Waals surface area contributed by atoms with E-state index in [1.165, 1.54) is 0 Å². The normalized spacial score (nSPS) is 10.3. The highest BCUT2D eigenvalue weighted by atomic mass is 32.2. The molecule has 0 heterocycles. The molecule has 0 saturated carbocycles. The van der Waals surface area contributed by atoms with Crippen molar-refractivity contribution in [2.75, 3.05) is 0 Å². The topological polar surface area (TPSA) is 74.7 Å². The highest BCUT2D eigenvalue weighted by molar-refractivity contribution is 7.84. The number of carbonyl (C=O) groups excluding carboxylic acids is 1. The number of nitrogens with zero attached hydrogens (tertiary/aromatic N) is 1. The molecule has 1 N–H and O–H groups in total. The third-order valence-corrected chi connectivity index (χ3v) is 1.63. The van der Waals surface area contributed by atoms with Crippen LogP contribution in [0.2, 0.25) is 0 Å². The van der Waals surface area contributed by atoms with E-state index in [1.54, 1.807) is 0 Å². The van der Waals surface area contributed by atoms with Crippen LogP contribution in [0.25, 0.3) is 0 Å². The molecule has 0 aromatic heterocycles. The van der Waals surface area contributed by atoms with Crippen molar-refractivity contribution in [1.29, 1.82) is 0 Å². The predicted octanol–water partition coefficient (Wildman–Crippen LogP) is -0.0527. The van der Waals surface area contributed by atoms with E-state index in [1.807, 2.05) is 0 Å². The Morgan fingerprint density at radius 2 is 1.91 bits per heavy atom. The van der Waals surface area contributed by atoms with E-state index in [2.05, 4.69) is 13.2 Å². The zero-order chi connectivity index (χ0) is 9.07. The van der Waals surface area contributed by atoms with E-state index in [-0.39, 0.29) is 4.31 Å². The highest BCUT2D eigenvalue weighted by Gasteiger charge is 2.18. The first-order chi connectivity index (χ1) is 4.93. The molecule has 0 fully saturated rings. The molecule has 0 atom stereocenters. The number of carbonyl (C=O) groups is 1. The third-order valence-electron chi connectivity index (χ3n) is 0.806. The van der Waals surface area contributed by atoms with E-state index < -0.39 is 16.2 Å². The number of amides is 1. The Kier molecular flexibility index (Phi) is 2.97. The van der Waals surface area contributed by atoms with Crippen LogP contribution in [0.3, 0.4) is 0 Å². The van der Waals surface area contributed by atoms with Crippen LogP contribution in [-0.4, -0.2) is 23.2 Å². The van der Waals surface area contributed by atoms with E-state index in [0.29, 0.717) is 6.20 Å². The van der Waals surface area contributed by atoms with Crippen molar-refractivity contribution in [3.63, 3.8) is 0 Å². The monoisotopic (exact) mass is 177 g/mol. The Morgan fingerprint density at radius 3 is 2.00 bits per heavy atom. The maximum atomic E-state index is 10.6. The lowest BCUT2D eigenvalue weighted by molar-refractivity contribution is -0.120. The standard InChI is InChI=1S/C5H7NO4S/c1-3-5(7)6(4-2)11(8,9)10/h3-4H,1-2H2,(H,8,9,10). The van der Waals surface area contributed by atoms with Crippen LogP contribution in [0.1, 0.15) is 0 Å². The highest BCUT2D eigenvalue weighted by Crippen LogP contribution is 1.98. The van der Waals surface area contributed by atoms with E-state index >= 15 is 0 Å². The summed E-state index contributed by atoms with van der Waals surface area (Å²) in [4.78, 5) is 10.6. The molecule has 0 bridgehead atoms. The van der Waals surface area contributed by atoms with Crippen molar-refractivity contribution >= 4 is 16.2 Å². The third kappa shape index (κ3) is 2.52. The summed E-state index contributed by atoms with van der Waals surface area (Å²) in [6, 6.07) is 0. The lowest BCUT2D eigenvalue weighted by Crippen LogP contribution is -2.29. The second kappa shape index (κ2) is 3.31. The Balaban J connectivity index is 4.84. The van der Waals surface area contributed by atoms with E-state index in [4.69, 9.17) is 4.55 Å². The molecule has 5 nitrogen and oxygen atoms in total. The lowest BCUT2D eigenvalue weighted by atomic mass is 10.6. The van der Waals surface area contributed by atoms with Gasteiger partial charge in [-0.15, -0.1) is 0 Å². The molecule has 62 valence electrons. The summed E-state index contributed by atoms with van der Waals surface area (Å²) in [6.45, 7) is 6.04. The minimum Gasteiger partial charge on any atom is -0.269 e. The molecular weight excluding hydrogens is 170 g/mol. The summed E-state index contributed by atoms with van der Waals surface area (Å²) in [5.74, 6) is -0.956. The first kappa shape index (κ1) is 9.86. The van der Waals surface area contributed by atoms with Crippen LogP contribution in [0.5, 0.6) is 0 Å². The van der Waals surface area contributed by atoms with Crippen molar-refractivity contribution < 1.29 is 17.8 Å². The van der Waals surface area contributed by atoms with Crippen molar-refractivity contribution in [1.82, 2.24) is 4.31 Å².